The van der Waals surface area contributed by atoms with E-state index in [9.17, 15) is 4.79 Å². The van der Waals surface area contributed by atoms with Crippen molar-refractivity contribution in [2.75, 3.05) is 5.32 Å². The van der Waals surface area contributed by atoms with E-state index in [1.807, 2.05) is 19.1 Å². The molecule has 1 amide bonds. The minimum Gasteiger partial charge on any atom is -0.353 e. The number of nitrogens with one attached hydrogen (secondary N) is 2. The highest BCUT2D eigenvalue weighted by Gasteiger charge is 2.10. The van der Waals surface area contributed by atoms with Gasteiger partial charge in [-0.3, -0.25) is 15.2 Å². The molecule has 0 spiro atoms. The second-order valence-corrected chi connectivity index (χ2v) is 5.22. The lowest BCUT2D eigenvalue weighted by molar-refractivity contribution is 0.0954. The third-order valence-corrected chi connectivity index (χ3v) is 3.33. The van der Waals surface area contributed by atoms with Crippen molar-refractivity contribution in [3.63, 3.8) is 0 Å². The quantitative estimate of drug-likeness (QED) is 0.336. The van der Waals surface area contributed by atoms with Crippen LogP contribution in [0.4, 0.5) is 11.4 Å². The Morgan fingerprint density at radius 1 is 1.32 bits per heavy atom. The van der Waals surface area contributed by atoms with Gasteiger partial charge in [0.05, 0.1) is 17.4 Å². The average molecular weight is 368 g/mol. The number of nitrogens with two attached hydrogens (primary N) is 1. The Morgan fingerprint density at radius 2 is 2.11 bits per heavy atom. The van der Waals surface area contributed by atoms with E-state index in [0.29, 0.717) is 11.3 Å². The van der Waals surface area contributed by atoms with E-state index in [-0.39, 0.29) is 5.91 Å². The highest BCUT2D eigenvalue weighted by atomic mass is 127. The first-order chi connectivity index (χ1) is 9.11. The molecule has 0 fully saturated rings. The molecule has 19 heavy (non-hydrogen) atoms. The number of hydrogen-bond donors (Lipinski definition) is 3. The monoisotopic (exact) mass is 368 g/mol. The molecule has 0 atom stereocenters. The van der Waals surface area contributed by atoms with Crippen LogP contribution < -0.4 is 16.6 Å². The summed E-state index contributed by atoms with van der Waals surface area (Å²) < 4.78 is 1.16. The molecule has 1 heterocycles. The number of benzene rings is 1. The summed E-state index contributed by atoms with van der Waals surface area (Å²) in [6.45, 7) is 2.00. The number of hydrazine groups is 1. The summed E-state index contributed by atoms with van der Waals surface area (Å²) >= 11 is 2.26. The van der Waals surface area contributed by atoms with E-state index in [1.54, 1.807) is 18.5 Å². The largest absolute Gasteiger partial charge is 0.353 e. The summed E-state index contributed by atoms with van der Waals surface area (Å²) in [7, 11) is 0. The van der Waals surface area contributed by atoms with Crippen molar-refractivity contribution < 1.29 is 4.79 Å². The van der Waals surface area contributed by atoms with Gasteiger partial charge in [0.25, 0.3) is 5.91 Å². The Hall–Kier alpha value is -1.67. The summed E-state index contributed by atoms with van der Waals surface area (Å²) in [4.78, 5) is 15.7. The molecule has 98 valence electrons. The SMILES string of the molecule is Cc1cc(I)ccc1Nc1cnccc1C(=O)NN. The Labute approximate surface area is 124 Å². The molecule has 5 nitrogen and oxygen atoms in total. The molecule has 2 aromatic rings. The number of aryl methyl sites for hydroxylation is 1. The fourth-order valence-electron chi connectivity index (χ4n) is 1.68. The van der Waals surface area contributed by atoms with Crippen LogP contribution >= 0.6 is 22.6 Å². The van der Waals surface area contributed by atoms with Crippen molar-refractivity contribution in [3.05, 3.63) is 51.4 Å². The number of aromatic nitrogens is 1. The van der Waals surface area contributed by atoms with Crippen molar-refractivity contribution in [2.24, 2.45) is 5.84 Å². The smallest absolute Gasteiger partial charge is 0.267 e. The van der Waals surface area contributed by atoms with Gasteiger partial charge in [0.1, 0.15) is 0 Å². The van der Waals surface area contributed by atoms with Crippen LogP contribution in [0.1, 0.15) is 15.9 Å². The molecule has 0 bridgehead atoms. The zero-order valence-electron chi connectivity index (χ0n) is 10.3. The van der Waals surface area contributed by atoms with Gasteiger partial charge < -0.3 is 5.32 Å². The first-order valence-corrected chi connectivity index (χ1v) is 6.68. The van der Waals surface area contributed by atoms with Crippen molar-refractivity contribution in [1.82, 2.24) is 10.4 Å². The van der Waals surface area contributed by atoms with E-state index in [1.165, 1.54) is 0 Å². The van der Waals surface area contributed by atoms with Crippen molar-refractivity contribution in [1.29, 1.82) is 0 Å². The number of amides is 1. The predicted molar refractivity (Wildman–Crippen MR) is 83.1 cm³/mol. The first kappa shape index (κ1) is 13.8. The highest BCUT2D eigenvalue weighted by molar-refractivity contribution is 14.1. The summed E-state index contributed by atoms with van der Waals surface area (Å²) in [5, 5.41) is 3.20. The first-order valence-electron chi connectivity index (χ1n) is 5.60. The van der Waals surface area contributed by atoms with Gasteiger partial charge in [-0.2, -0.15) is 0 Å². The number of nitrogens with zero attached hydrogens (tertiary/aromatic N) is 1. The predicted octanol–water partition coefficient (Wildman–Crippen LogP) is 2.34. The summed E-state index contributed by atoms with van der Waals surface area (Å²) in [6, 6.07) is 7.64. The molecular weight excluding hydrogens is 355 g/mol. The number of rotatable bonds is 3. The summed E-state index contributed by atoms with van der Waals surface area (Å²) in [5.74, 6) is 4.81. The lowest BCUT2D eigenvalue weighted by Crippen LogP contribution is -2.30. The molecule has 0 radical (unpaired) electrons. The number of halogens is 1. The number of carbonyl (C=O) groups excluding carboxylic acids is 1. The second-order valence-electron chi connectivity index (χ2n) is 3.98. The molecular formula is C13H13IN4O. The molecule has 0 aliphatic carbocycles. The molecule has 0 unspecified atom stereocenters. The van der Waals surface area contributed by atoms with Crippen LogP contribution in [-0.2, 0) is 0 Å². The lowest BCUT2D eigenvalue weighted by atomic mass is 10.1. The van der Waals surface area contributed by atoms with Crippen LogP contribution in [0.25, 0.3) is 0 Å². The Morgan fingerprint density at radius 3 is 2.79 bits per heavy atom. The highest BCUT2D eigenvalue weighted by Crippen LogP contribution is 2.24. The minimum atomic E-state index is -0.354. The number of anilines is 2. The maximum atomic E-state index is 11.7. The molecule has 4 N–H and O–H groups in total. The van der Waals surface area contributed by atoms with Crippen LogP contribution in [0.3, 0.4) is 0 Å². The fraction of sp³-hybridized carbons (Fsp3) is 0.0769. The number of carbonyl (C=O) groups is 1. The van der Waals surface area contributed by atoms with Crippen LogP contribution in [-0.4, -0.2) is 10.9 Å². The maximum Gasteiger partial charge on any atom is 0.267 e. The number of hydrogen-bond acceptors (Lipinski definition) is 4. The third-order valence-electron chi connectivity index (χ3n) is 2.65. The van der Waals surface area contributed by atoms with Crippen LogP contribution in [0.5, 0.6) is 0 Å². The average Bonchev–Trinajstić information content (AvgIpc) is 2.41. The standard InChI is InChI=1S/C13H13IN4O/c1-8-6-9(14)2-3-11(8)17-12-7-16-5-4-10(12)13(19)18-15/h2-7,17H,15H2,1H3,(H,18,19). The van der Waals surface area contributed by atoms with Crippen LogP contribution in [0.15, 0.2) is 36.7 Å². The van der Waals surface area contributed by atoms with Crippen molar-refractivity contribution in [3.8, 4) is 0 Å². The maximum absolute atomic E-state index is 11.7. The summed E-state index contributed by atoms with van der Waals surface area (Å²) in [6.07, 6.45) is 3.15. The second kappa shape index (κ2) is 5.98. The van der Waals surface area contributed by atoms with Gasteiger partial charge >= 0.3 is 0 Å². The van der Waals surface area contributed by atoms with Crippen molar-refractivity contribution >= 4 is 39.9 Å². The van der Waals surface area contributed by atoms with E-state index in [2.05, 4.69) is 44.4 Å². The minimum absolute atomic E-state index is 0.354. The fourth-order valence-corrected chi connectivity index (χ4v) is 2.33. The topological polar surface area (TPSA) is 80.0 Å². The van der Waals surface area contributed by atoms with Gasteiger partial charge in [-0.05, 0) is 59.3 Å². The Balaban J connectivity index is 2.35. The van der Waals surface area contributed by atoms with E-state index < -0.39 is 0 Å². The molecule has 0 saturated heterocycles. The van der Waals surface area contributed by atoms with Crippen LogP contribution in [0, 0.1) is 10.5 Å². The number of pyridine rings is 1. The van der Waals surface area contributed by atoms with Crippen LogP contribution in [0.2, 0.25) is 0 Å². The molecule has 0 aliphatic heterocycles. The Bertz CT molecular complexity index is 615. The molecule has 0 aliphatic rings. The number of nitrogen functional groups attached to an aromatic ring is 1. The Kier molecular flexibility index (Phi) is 4.33. The van der Waals surface area contributed by atoms with E-state index in [0.717, 1.165) is 14.8 Å². The third kappa shape index (κ3) is 3.21. The van der Waals surface area contributed by atoms with Gasteiger partial charge in [0, 0.05) is 15.5 Å². The summed E-state index contributed by atoms with van der Waals surface area (Å²) in [5.41, 5.74) is 5.22. The van der Waals surface area contributed by atoms with Gasteiger partial charge in [-0.25, -0.2) is 5.84 Å². The van der Waals surface area contributed by atoms with Gasteiger partial charge in [0.2, 0.25) is 0 Å². The van der Waals surface area contributed by atoms with E-state index >= 15 is 0 Å². The van der Waals surface area contributed by atoms with Crippen molar-refractivity contribution in [2.45, 2.75) is 6.92 Å². The zero-order valence-corrected chi connectivity index (χ0v) is 12.4. The molecule has 0 saturated carbocycles. The zero-order chi connectivity index (χ0) is 13.8. The molecule has 1 aromatic carbocycles. The molecule has 2 rings (SSSR count). The molecule has 6 heteroatoms. The molecule has 1 aromatic heterocycles. The van der Waals surface area contributed by atoms with Gasteiger partial charge in [-0.1, -0.05) is 0 Å². The van der Waals surface area contributed by atoms with Gasteiger partial charge in [-0.15, -0.1) is 0 Å². The lowest BCUT2D eigenvalue weighted by Gasteiger charge is -2.12. The normalized spacial score (nSPS) is 10.1. The van der Waals surface area contributed by atoms with E-state index in [4.69, 9.17) is 5.84 Å². The van der Waals surface area contributed by atoms with Gasteiger partial charge in [0.15, 0.2) is 0 Å².